The van der Waals surface area contributed by atoms with Gasteiger partial charge in [0.05, 0.1) is 17.3 Å². The molecule has 0 saturated carbocycles. The molecule has 1 heterocycles. The number of aromatic nitrogens is 1. The summed E-state index contributed by atoms with van der Waals surface area (Å²) in [5.41, 5.74) is 8.64. The second-order valence-corrected chi connectivity index (χ2v) is 4.81. The van der Waals surface area contributed by atoms with Crippen LogP contribution in [0.15, 0.2) is 36.5 Å². The number of hydrogen-bond donors (Lipinski definition) is 1. The van der Waals surface area contributed by atoms with Crippen molar-refractivity contribution in [3.05, 3.63) is 64.5 Å². The van der Waals surface area contributed by atoms with E-state index in [2.05, 4.69) is 4.98 Å². The summed E-state index contributed by atoms with van der Waals surface area (Å²) in [5.74, 6) is 0. The maximum atomic E-state index is 12.5. The molecule has 0 aliphatic rings. The number of aryl methyl sites for hydroxylation is 2. The summed E-state index contributed by atoms with van der Waals surface area (Å²) in [6.45, 7) is 3.81. The monoisotopic (exact) mass is 280 g/mol. The smallest absolute Gasteiger partial charge is 0.319 e. The number of nitrogens with two attached hydrogens (primary N) is 1. The minimum absolute atomic E-state index is 0.530. The van der Waals surface area contributed by atoms with Gasteiger partial charge in [-0.3, -0.25) is 4.98 Å². The van der Waals surface area contributed by atoms with Crippen molar-refractivity contribution in [3.8, 4) is 0 Å². The highest BCUT2D eigenvalue weighted by molar-refractivity contribution is 5.35. The van der Waals surface area contributed by atoms with Gasteiger partial charge in [-0.05, 0) is 42.7 Å². The Morgan fingerprint density at radius 2 is 1.70 bits per heavy atom. The Hall–Kier alpha value is -1.88. The second kappa shape index (κ2) is 5.25. The van der Waals surface area contributed by atoms with Gasteiger partial charge in [-0.1, -0.05) is 18.2 Å². The fourth-order valence-corrected chi connectivity index (χ4v) is 2.09. The molecule has 0 bridgehead atoms. The van der Waals surface area contributed by atoms with Crippen molar-refractivity contribution in [2.75, 3.05) is 0 Å². The third-order valence-electron chi connectivity index (χ3n) is 3.15. The molecule has 2 aromatic rings. The highest BCUT2D eigenvalue weighted by Gasteiger charge is 2.30. The predicted molar refractivity (Wildman–Crippen MR) is 71.2 cm³/mol. The van der Waals surface area contributed by atoms with Crippen molar-refractivity contribution in [1.82, 2.24) is 4.98 Å². The van der Waals surface area contributed by atoms with Gasteiger partial charge >= 0.3 is 6.18 Å². The molecule has 5 heteroatoms. The van der Waals surface area contributed by atoms with Crippen LogP contribution in [0.4, 0.5) is 13.2 Å². The Bertz CT molecular complexity index is 604. The van der Waals surface area contributed by atoms with Crippen molar-refractivity contribution >= 4 is 0 Å². The molecule has 106 valence electrons. The van der Waals surface area contributed by atoms with Gasteiger partial charge in [0.15, 0.2) is 0 Å². The van der Waals surface area contributed by atoms with Crippen LogP contribution in [0, 0.1) is 13.8 Å². The van der Waals surface area contributed by atoms with E-state index < -0.39 is 17.8 Å². The van der Waals surface area contributed by atoms with Gasteiger partial charge in [0, 0.05) is 6.20 Å². The third-order valence-corrected chi connectivity index (χ3v) is 3.15. The molecule has 20 heavy (non-hydrogen) atoms. The first-order valence-electron chi connectivity index (χ1n) is 6.15. The van der Waals surface area contributed by atoms with Crippen molar-refractivity contribution in [2.45, 2.75) is 26.1 Å². The normalized spacial score (nSPS) is 13.3. The largest absolute Gasteiger partial charge is 0.416 e. The van der Waals surface area contributed by atoms with E-state index in [1.165, 1.54) is 12.1 Å². The quantitative estimate of drug-likeness (QED) is 0.909. The minimum Gasteiger partial charge on any atom is -0.319 e. The number of nitrogens with zero attached hydrogens (tertiary/aromatic N) is 1. The molecular weight excluding hydrogens is 265 g/mol. The first-order chi connectivity index (χ1) is 9.29. The van der Waals surface area contributed by atoms with Crippen LogP contribution < -0.4 is 5.73 Å². The number of benzene rings is 1. The van der Waals surface area contributed by atoms with Gasteiger partial charge < -0.3 is 5.73 Å². The average Bonchev–Trinajstić information content (AvgIpc) is 2.37. The standard InChI is InChI=1S/C15H15F3N2/c1-9-7-10(2)14(20-8-9)13(19)11-3-5-12(6-4-11)15(16,17)18/h3-8,13H,19H2,1-2H3. The lowest BCUT2D eigenvalue weighted by molar-refractivity contribution is -0.137. The first-order valence-corrected chi connectivity index (χ1v) is 6.15. The highest BCUT2D eigenvalue weighted by Crippen LogP contribution is 2.30. The van der Waals surface area contributed by atoms with Crippen LogP contribution in [0.2, 0.25) is 0 Å². The molecule has 0 saturated heterocycles. The zero-order valence-corrected chi connectivity index (χ0v) is 11.2. The number of pyridine rings is 1. The van der Waals surface area contributed by atoms with Crippen LogP contribution in [0.3, 0.4) is 0 Å². The van der Waals surface area contributed by atoms with E-state index in [9.17, 15) is 13.2 Å². The number of alkyl halides is 3. The van der Waals surface area contributed by atoms with E-state index in [0.29, 0.717) is 11.3 Å². The summed E-state index contributed by atoms with van der Waals surface area (Å²) in [6, 6.07) is 6.30. The van der Waals surface area contributed by atoms with Crippen molar-refractivity contribution in [3.63, 3.8) is 0 Å². The van der Waals surface area contributed by atoms with Gasteiger partial charge in [0.2, 0.25) is 0 Å². The number of halogens is 3. The average molecular weight is 280 g/mol. The molecule has 2 rings (SSSR count). The topological polar surface area (TPSA) is 38.9 Å². The van der Waals surface area contributed by atoms with E-state index in [-0.39, 0.29) is 0 Å². The summed E-state index contributed by atoms with van der Waals surface area (Å²) >= 11 is 0. The molecule has 0 fully saturated rings. The molecule has 1 aromatic heterocycles. The maximum absolute atomic E-state index is 12.5. The Labute approximate surface area is 115 Å². The summed E-state index contributed by atoms with van der Waals surface area (Å²) in [7, 11) is 0. The molecule has 1 atom stereocenters. The Morgan fingerprint density at radius 3 is 2.20 bits per heavy atom. The summed E-state index contributed by atoms with van der Waals surface area (Å²) in [5, 5.41) is 0. The molecule has 0 spiro atoms. The van der Waals surface area contributed by atoms with E-state index >= 15 is 0 Å². The molecule has 1 unspecified atom stereocenters. The van der Waals surface area contributed by atoms with Crippen molar-refractivity contribution in [2.24, 2.45) is 5.73 Å². The van der Waals surface area contributed by atoms with Crippen LogP contribution in [0.5, 0.6) is 0 Å². The Morgan fingerprint density at radius 1 is 1.10 bits per heavy atom. The Kier molecular flexibility index (Phi) is 3.81. The van der Waals surface area contributed by atoms with Crippen LogP contribution in [-0.2, 0) is 6.18 Å². The van der Waals surface area contributed by atoms with Gasteiger partial charge in [-0.15, -0.1) is 0 Å². The van der Waals surface area contributed by atoms with Crippen molar-refractivity contribution in [1.29, 1.82) is 0 Å². The second-order valence-electron chi connectivity index (χ2n) is 4.81. The van der Waals surface area contributed by atoms with E-state index in [4.69, 9.17) is 5.73 Å². The fraction of sp³-hybridized carbons (Fsp3) is 0.267. The van der Waals surface area contributed by atoms with Crippen LogP contribution in [0.25, 0.3) is 0 Å². The molecule has 0 amide bonds. The van der Waals surface area contributed by atoms with Gasteiger partial charge in [0.1, 0.15) is 0 Å². The third kappa shape index (κ3) is 2.99. The zero-order chi connectivity index (χ0) is 14.9. The molecule has 0 radical (unpaired) electrons. The lowest BCUT2D eigenvalue weighted by atomic mass is 9.99. The fourth-order valence-electron chi connectivity index (χ4n) is 2.09. The molecule has 2 nitrogen and oxygen atoms in total. The predicted octanol–water partition coefficient (Wildman–Crippen LogP) is 3.77. The number of hydrogen-bond acceptors (Lipinski definition) is 2. The Balaban J connectivity index is 2.31. The number of rotatable bonds is 2. The van der Waals surface area contributed by atoms with Crippen LogP contribution in [-0.4, -0.2) is 4.98 Å². The van der Waals surface area contributed by atoms with Gasteiger partial charge in [-0.25, -0.2) is 0 Å². The summed E-state index contributed by atoms with van der Waals surface area (Å²) in [4.78, 5) is 4.28. The first kappa shape index (κ1) is 14.5. The van der Waals surface area contributed by atoms with Crippen molar-refractivity contribution < 1.29 is 13.2 Å². The highest BCUT2D eigenvalue weighted by atomic mass is 19.4. The van der Waals surface area contributed by atoms with Gasteiger partial charge in [-0.2, -0.15) is 13.2 Å². The van der Waals surface area contributed by atoms with Crippen LogP contribution >= 0.6 is 0 Å². The molecular formula is C15H15F3N2. The zero-order valence-electron chi connectivity index (χ0n) is 11.2. The molecule has 0 aliphatic heterocycles. The molecule has 2 N–H and O–H groups in total. The minimum atomic E-state index is -4.33. The lowest BCUT2D eigenvalue weighted by Gasteiger charge is -2.15. The van der Waals surface area contributed by atoms with Crippen LogP contribution in [0.1, 0.15) is 34.0 Å². The SMILES string of the molecule is Cc1cnc(C(N)c2ccc(C(F)(F)F)cc2)c(C)c1. The van der Waals surface area contributed by atoms with E-state index in [1.807, 2.05) is 19.9 Å². The molecule has 0 aliphatic carbocycles. The van der Waals surface area contributed by atoms with Gasteiger partial charge in [0.25, 0.3) is 0 Å². The van der Waals surface area contributed by atoms with E-state index in [1.54, 1.807) is 6.20 Å². The maximum Gasteiger partial charge on any atom is 0.416 e. The molecule has 1 aromatic carbocycles. The van der Waals surface area contributed by atoms with E-state index in [0.717, 1.165) is 23.3 Å². The summed E-state index contributed by atoms with van der Waals surface area (Å²) < 4.78 is 37.5. The lowest BCUT2D eigenvalue weighted by Crippen LogP contribution is -2.15. The summed E-state index contributed by atoms with van der Waals surface area (Å²) in [6.07, 6.45) is -2.63.